The maximum absolute atomic E-state index is 11.4. The lowest BCUT2D eigenvalue weighted by molar-refractivity contribution is -0.130. The summed E-state index contributed by atoms with van der Waals surface area (Å²) >= 11 is 0. The van der Waals surface area contributed by atoms with Gasteiger partial charge in [-0.15, -0.1) is 0 Å². The van der Waals surface area contributed by atoms with E-state index in [1.54, 1.807) is 25.3 Å². The van der Waals surface area contributed by atoms with Crippen molar-refractivity contribution in [3.63, 3.8) is 0 Å². The standard InChI is InChI=1S/C15H13NO2/c1-11(2)15(17)18-13-7-5-6-12(10-13)14-8-3-4-9-16-14/h3-10H,1H2,2H3. The summed E-state index contributed by atoms with van der Waals surface area (Å²) in [5, 5.41) is 0. The Morgan fingerprint density at radius 2 is 2.06 bits per heavy atom. The highest BCUT2D eigenvalue weighted by Crippen LogP contribution is 2.22. The third kappa shape index (κ3) is 2.83. The van der Waals surface area contributed by atoms with Gasteiger partial charge in [-0.25, -0.2) is 4.79 Å². The Hall–Kier alpha value is -2.42. The lowest BCUT2D eigenvalue weighted by atomic mass is 10.1. The number of esters is 1. The molecule has 0 bridgehead atoms. The Labute approximate surface area is 106 Å². The first kappa shape index (κ1) is 12.0. The summed E-state index contributed by atoms with van der Waals surface area (Å²) < 4.78 is 5.17. The minimum Gasteiger partial charge on any atom is -0.423 e. The number of hydrogen-bond donors (Lipinski definition) is 0. The number of rotatable bonds is 3. The smallest absolute Gasteiger partial charge is 0.338 e. The van der Waals surface area contributed by atoms with Crippen LogP contribution in [0.15, 0.2) is 60.8 Å². The van der Waals surface area contributed by atoms with Gasteiger partial charge in [0.2, 0.25) is 0 Å². The topological polar surface area (TPSA) is 39.2 Å². The third-order valence-electron chi connectivity index (χ3n) is 2.35. The zero-order valence-corrected chi connectivity index (χ0v) is 10.1. The normalized spacial score (nSPS) is 9.83. The highest BCUT2D eigenvalue weighted by molar-refractivity contribution is 5.88. The van der Waals surface area contributed by atoms with Crippen molar-refractivity contribution in [1.82, 2.24) is 4.98 Å². The second-order valence-electron chi connectivity index (χ2n) is 3.91. The summed E-state index contributed by atoms with van der Waals surface area (Å²) in [4.78, 5) is 15.7. The molecule has 0 aliphatic rings. The molecule has 0 N–H and O–H groups in total. The zero-order chi connectivity index (χ0) is 13.0. The SMILES string of the molecule is C=C(C)C(=O)Oc1cccc(-c2ccccn2)c1. The lowest BCUT2D eigenvalue weighted by Crippen LogP contribution is -2.08. The average Bonchev–Trinajstić information content (AvgIpc) is 2.40. The predicted octanol–water partition coefficient (Wildman–Crippen LogP) is 3.23. The summed E-state index contributed by atoms with van der Waals surface area (Å²) in [5.41, 5.74) is 2.12. The fourth-order valence-corrected chi connectivity index (χ4v) is 1.45. The van der Waals surface area contributed by atoms with Crippen LogP contribution in [0, 0.1) is 0 Å². The molecule has 0 spiro atoms. The molecule has 0 unspecified atom stereocenters. The van der Waals surface area contributed by atoms with E-state index in [0.29, 0.717) is 11.3 Å². The maximum atomic E-state index is 11.4. The van der Waals surface area contributed by atoms with Gasteiger partial charge in [-0.1, -0.05) is 24.8 Å². The summed E-state index contributed by atoms with van der Waals surface area (Å²) in [5.74, 6) is 0.0688. The van der Waals surface area contributed by atoms with Crippen LogP contribution in [0.1, 0.15) is 6.92 Å². The predicted molar refractivity (Wildman–Crippen MR) is 70.1 cm³/mol. The van der Waals surface area contributed by atoms with Crippen LogP contribution >= 0.6 is 0 Å². The van der Waals surface area contributed by atoms with Crippen molar-refractivity contribution in [1.29, 1.82) is 0 Å². The molecule has 1 heterocycles. The minimum absolute atomic E-state index is 0.373. The van der Waals surface area contributed by atoms with Gasteiger partial charge in [0, 0.05) is 17.3 Å². The molecule has 3 heteroatoms. The van der Waals surface area contributed by atoms with Crippen molar-refractivity contribution < 1.29 is 9.53 Å². The zero-order valence-electron chi connectivity index (χ0n) is 10.1. The van der Waals surface area contributed by atoms with Gasteiger partial charge in [0.15, 0.2) is 0 Å². The Morgan fingerprint density at radius 3 is 2.72 bits per heavy atom. The maximum Gasteiger partial charge on any atom is 0.338 e. The van der Waals surface area contributed by atoms with Crippen LogP contribution < -0.4 is 4.74 Å². The van der Waals surface area contributed by atoms with Crippen molar-refractivity contribution in [3.8, 4) is 17.0 Å². The van der Waals surface area contributed by atoms with Gasteiger partial charge in [-0.3, -0.25) is 4.98 Å². The monoisotopic (exact) mass is 239 g/mol. The van der Waals surface area contributed by atoms with Gasteiger partial charge >= 0.3 is 5.97 Å². The van der Waals surface area contributed by atoms with Crippen LogP contribution in [0.4, 0.5) is 0 Å². The molecule has 1 aromatic carbocycles. The number of aromatic nitrogens is 1. The lowest BCUT2D eigenvalue weighted by Gasteiger charge is -2.06. The van der Waals surface area contributed by atoms with Crippen LogP contribution in [0.5, 0.6) is 5.75 Å². The number of benzene rings is 1. The number of carbonyl (C=O) groups is 1. The third-order valence-corrected chi connectivity index (χ3v) is 2.35. The van der Waals surface area contributed by atoms with E-state index in [9.17, 15) is 4.79 Å². The van der Waals surface area contributed by atoms with Gasteiger partial charge in [0.1, 0.15) is 5.75 Å². The van der Waals surface area contributed by atoms with Crippen LogP contribution in [0.3, 0.4) is 0 Å². The van der Waals surface area contributed by atoms with Gasteiger partial charge in [0.25, 0.3) is 0 Å². The number of pyridine rings is 1. The Kier molecular flexibility index (Phi) is 3.53. The molecule has 3 nitrogen and oxygen atoms in total. The van der Waals surface area contributed by atoms with Crippen molar-refractivity contribution >= 4 is 5.97 Å². The molecule has 90 valence electrons. The molecule has 0 fully saturated rings. The van der Waals surface area contributed by atoms with Crippen molar-refractivity contribution in [2.75, 3.05) is 0 Å². The Bertz CT molecular complexity index is 576. The van der Waals surface area contributed by atoms with Gasteiger partial charge in [0.05, 0.1) is 5.69 Å². The van der Waals surface area contributed by atoms with Crippen molar-refractivity contribution in [2.24, 2.45) is 0 Å². The number of carbonyl (C=O) groups excluding carboxylic acids is 1. The van der Waals surface area contributed by atoms with E-state index in [-0.39, 0.29) is 0 Å². The van der Waals surface area contributed by atoms with Crippen molar-refractivity contribution in [3.05, 3.63) is 60.8 Å². The van der Waals surface area contributed by atoms with Crippen LogP contribution in [-0.2, 0) is 4.79 Å². The van der Waals surface area contributed by atoms with Crippen LogP contribution in [-0.4, -0.2) is 11.0 Å². The average molecular weight is 239 g/mol. The first-order valence-corrected chi connectivity index (χ1v) is 5.56. The molecule has 2 rings (SSSR count). The number of ether oxygens (including phenoxy) is 1. The van der Waals surface area contributed by atoms with E-state index >= 15 is 0 Å². The molecule has 2 aromatic rings. The van der Waals surface area contributed by atoms with Crippen molar-refractivity contribution in [2.45, 2.75) is 6.92 Å². The molecule has 0 atom stereocenters. The minimum atomic E-state index is -0.423. The molecule has 0 aliphatic carbocycles. The first-order chi connectivity index (χ1) is 8.66. The van der Waals surface area contributed by atoms with Gasteiger partial charge in [-0.2, -0.15) is 0 Å². The van der Waals surface area contributed by atoms with E-state index in [2.05, 4.69) is 11.6 Å². The van der Waals surface area contributed by atoms with E-state index in [4.69, 9.17) is 4.74 Å². The van der Waals surface area contributed by atoms with Gasteiger partial charge in [-0.05, 0) is 31.2 Å². The Balaban J connectivity index is 2.26. The molecule has 18 heavy (non-hydrogen) atoms. The molecule has 1 aromatic heterocycles. The van der Waals surface area contributed by atoms with Gasteiger partial charge < -0.3 is 4.74 Å². The Morgan fingerprint density at radius 1 is 1.22 bits per heavy atom. The molecule has 0 aliphatic heterocycles. The van der Waals surface area contributed by atoms with Crippen LogP contribution in [0.25, 0.3) is 11.3 Å². The van der Waals surface area contributed by atoms with E-state index in [0.717, 1.165) is 11.3 Å². The second kappa shape index (κ2) is 5.27. The number of hydrogen-bond acceptors (Lipinski definition) is 3. The fraction of sp³-hybridized carbons (Fsp3) is 0.0667. The second-order valence-corrected chi connectivity index (χ2v) is 3.91. The highest BCUT2D eigenvalue weighted by Gasteiger charge is 2.06. The summed E-state index contributed by atoms with van der Waals surface area (Å²) in [6.45, 7) is 5.16. The summed E-state index contributed by atoms with van der Waals surface area (Å²) in [6, 6.07) is 12.9. The summed E-state index contributed by atoms with van der Waals surface area (Å²) in [7, 11) is 0. The first-order valence-electron chi connectivity index (χ1n) is 5.56. The highest BCUT2D eigenvalue weighted by atomic mass is 16.5. The van der Waals surface area contributed by atoms with E-state index in [1.165, 1.54) is 0 Å². The van der Waals surface area contributed by atoms with Crippen LogP contribution in [0.2, 0.25) is 0 Å². The largest absolute Gasteiger partial charge is 0.423 e. The molecule has 0 radical (unpaired) electrons. The quantitative estimate of drug-likeness (QED) is 0.469. The molecule has 0 amide bonds. The molecule has 0 saturated carbocycles. The fourth-order valence-electron chi connectivity index (χ4n) is 1.45. The molecular weight excluding hydrogens is 226 g/mol. The number of nitrogens with zero attached hydrogens (tertiary/aromatic N) is 1. The molecule has 0 saturated heterocycles. The summed E-state index contributed by atoms with van der Waals surface area (Å²) in [6.07, 6.45) is 1.72. The molecular formula is C15H13NO2. The van der Waals surface area contributed by atoms with E-state index in [1.807, 2.05) is 30.3 Å². The van der Waals surface area contributed by atoms with E-state index < -0.39 is 5.97 Å².